The SMILES string of the molecule is CCN(CC)CCOc1ccccc1CNC(=O)Cc1csc(NC(=O)c2ccoc2C)n1. The molecular weight excluding hydrogens is 440 g/mol. The van der Waals surface area contributed by atoms with Crippen molar-refractivity contribution in [3.05, 3.63) is 64.6 Å². The molecule has 0 spiro atoms. The topological polar surface area (TPSA) is 96.7 Å². The molecule has 2 N–H and O–H groups in total. The minimum Gasteiger partial charge on any atom is -0.492 e. The Labute approximate surface area is 198 Å². The maximum Gasteiger partial charge on any atom is 0.260 e. The summed E-state index contributed by atoms with van der Waals surface area (Å²) in [4.78, 5) is 31.4. The number of para-hydroxylation sites is 1. The molecule has 0 saturated heterocycles. The maximum atomic E-state index is 12.4. The standard InChI is InChI=1S/C24H30N4O4S/c1-4-28(5-2)11-13-32-21-9-7-6-8-18(21)15-25-22(29)14-19-16-33-24(26-19)27-23(30)20-10-12-31-17(20)3/h6-10,12,16H,4-5,11,13-15H2,1-3H3,(H,25,29)(H,26,27,30). The lowest BCUT2D eigenvalue weighted by atomic mass is 10.2. The van der Waals surface area contributed by atoms with Crippen LogP contribution in [0.1, 0.15) is 41.2 Å². The number of amides is 2. The third-order valence-electron chi connectivity index (χ3n) is 5.23. The molecule has 3 rings (SSSR count). The van der Waals surface area contributed by atoms with Crippen molar-refractivity contribution < 1.29 is 18.7 Å². The van der Waals surface area contributed by atoms with Gasteiger partial charge in [0.05, 0.1) is 23.9 Å². The minimum absolute atomic E-state index is 0.127. The fourth-order valence-corrected chi connectivity index (χ4v) is 3.97. The molecule has 9 heteroatoms. The molecule has 0 saturated carbocycles. The van der Waals surface area contributed by atoms with Crippen molar-refractivity contribution in [2.75, 3.05) is 31.6 Å². The van der Waals surface area contributed by atoms with Crippen LogP contribution in [-0.2, 0) is 17.8 Å². The number of nitrogens with zero attached hydrogens (tertiary/aromatic N) is 2. The molecule has 2 amide bonds. The summed E-state index contributed by atoms with van der Waals surface area (Å²) >= 11 is 1.28. The van der Waals surface area contributed by atoms with E-state index in [9.17, 15) is 9.59 Å². The Bertz CT molecular complexity index is 1060. The number of thiazole rings is 1. The van der Waals surface area contributed by atoms with Crippen LogP contribution in [0.4, 0.5) is 5.13 Å². The quantitative estimate of drug-likeness (QED) is 0.417. The first-order valence-corrected chi connectivity index (χ1v) is 11.9. The summed E-state index contributed by atoms with van der Waals surface area (Å²) in [6.45, 7) is 9.79. The summed E-state index contributed by atoms with van der Waals surface area (Å²) in [5.41, 5.74) is 1.98. The van der Waals surface area contributed by atoms with Crippen LogP contribution in [0.5, 0.6) is 5.75 Å². The fraction of sp³-hybridized carbons (Fsp3) is 0.375. The van der Waals surface area contributed by atoms with Crippen molar-refractivity contribution in [3.8, 4) is 5.75 Å². The predicted molar refractivity (Wildman–Crippen MR) is 129 cm³/mol. The van der Waals surface area contributed by atoms with Crippen LogP contribution in [-0.4, -0.2) is 47.9 Å². The highest BCUT2D eigenvalue weighted by Crippen LogP contribution is 2.20. The number of hydrogen-bond acceptors (Lipinski definition) is 7. The minimum atomic E-state index is -0.288. The summed E-state index contributed by atoms with van der Waals surface area (Å²) in [5, 5.41) is 7.87. The van der Waals surface area contributed by atoms with Crippen molar-refractivity contribution in [1.82, 2.24) is 15.2 Å². The molecule has 0 radical (unpaired) electrons. The van der Waals surface area contributed by atoms with Gasteiger partial charge in [0, 0.05) is 24.0 Å². The molecule has 2 aromatic heterocycles. The zero-order valence-corrected chi connectivity index (χ0v) is 20.0. The number of rotatable bonds is 12. The van der Waals surface area contributed by atoms with Gasteiger partial charge in [0.1, 0.15) is 18.1 Å². The van der Waals surface area contributed by atoms with Gasteiger partial charge >= 0.3 is 0 Å². The molecule has 8 nitrogen and oxygen atoms in total. The zero-order valence-electron chi connectivity index (χ0n) is 19.2. The number of benzene rings is 1. The lowest BCUT2D eigenvalue weighted by molar-refractivity contribution is -0.120. The highest BCUT2D eigenvalue weighted by Gasteiger charge is 2.15. The van der Waals surface area contributed by atoms with Gasteiger partial charge in [-0.1, -0.05) is 32.0 Å². The van der Waals surface area contributed by atoms with Gasteiger partial charge in [0.2, 0.25) is 5.91 Å². The normalized spacial score (nSPS) is 10.9. The molecule has 0 aliphatic heterocycles. The Morgan fingerprint density at radius 3 is 2.70 bits per heavy atom. The van der Waals surface area contributed by atoms with E-state index in [-0.39, 0.29) is 18.2 Å². The number of carbonyl (C=O) groups excluding carboxylic acids is 2. The Hall–Kier alpha value is -3.17. The van der Waals surface area contributed by atoms with Crippen LogP contribution in [0.15, 0.2) is 46.4 Å². The van der Waals surface area contributed by atoms with Crippen molar-refractivity contribution in [3.63, 3.8) is 0 Å². The van der Waals surface area contributed by atoms with Crippen molar-refractivity contribution in [2.45, 2.75) is 33.7 Å². The smallest absolute Gasteiger partial charge is 0.260 e. The molecular formula is C24H30N4O4S. The van der Waals surface area contributed by atoms with Crippen molar-refractivity contribution in [2.24, 2.45) is 0 Å². The monoisotopic (exact) mass is 470 g/mol. The number of ether oxygens (including phenoxy) is 1. The fourth-order valence-electron chi connectivity index (χ4n) is 3.27. The molecule has 1 aromatic carbocycles. The van der Waals surface area contributed by atoms with Crippen molar-refractivity contribution in [1.29, 1.82) is 0 Å². The van der Waals surface area contributed by atoms with Crippen LogP contribution in [0.25, 0.3) is 0 Å². The second-order valence-corrected chi connectivity index (χ2v) is 8.28. The number of furan rings is 1. The van der Waals surface area contributed by atoms with E-state index in [1.807, 2.05) is 24.3 Å². The Kier molecular flexibility index (Phi) is 9.03. The van der Waals surface area contributed by atoms with E-state index in [0.29, 0.717) is 35.3 Å². The van der Waals surface area contributed by atoms with Gasteiger partial charge in [-0.3, -0.25) is 14.9 Å². The highest BCUT2D eigenvalue weighted by molar-refractivity contribution is 7.14. The Balaban J connectivity index is 1.48. The third-order valence-corrected chi connectivity index (χ3v) is 6.03. The summed E-state index contributed by atoms with van der Waals surface area (Å²) < 4.78 is 11.1. The second kappa shape index (κ2) is 12.2. The molecule has 0 aliphatic rings. The molecule has 0 bridgehead atoms. The second-order valence-electron chi connectivity index (χ2n) is 7.43. The Morgan fingerprint density at radius 2 is 1.97 bits per heavy atom. The van der Waals surface area contributed by atoms with Crippen LogP contribution < -0.4 is 15.4 Å². The van der Waals surface area contributed by atoms with E-state index in [4.69, 9.17) is 9.15 Å². The first-order chi connectivity index (χ1) is 16.0. The predicted octanol–water partition coefficient (Wildman–Crippen LogP) is 3.88. The zero-order chi connectivity index (χ0) is 23.6. The van der Waals surface area contributed by atoms with E-state index >= 15 is 0 Å². The molecule has 0 atom stereocenters. The molecule has 0 unspecified atom stereocenters. The molecule has 0 fully saturated rings. The number of anilines is 1. The lowest BCUT2D eigenvalue weighted by Crippen LogP contribution is -2.28. The maximum absolute atomic E-state index is 12.4. The largest absolute Gasteiger partial charge is 0.492 e. The lowest BCUT2D eigenvalue weighted by Gasteiger charge is -2.19. The molecule has 33 heavy (non-hydrogen) atoms. The molecule has 3 aromatic rings. The van der Waals surface area contributed by atoms with E-state index < -0.39 is 0 Å². The van der Waals surface area contributed by atoms with Gasteiger partial charge in [0.25, 0.3) is 5.91 Å². The number of aromatic nitrogens is 1. The van der Waals surface area contributed by atoms with E-state index in [0.717, 1.165) is 30.9 Å². The van der Waals surface area contributed by atoms with E-state index in [2.05, 4.69) is 34.4 Å². The van der Waals surface area contributed by atoms with Gasteiger partial charge in [-0.25, -0.2) is 4.98 Å². The number of hydrogen-bond donors (Lipinski definition) is 2. The summed E-state index contributed by atoms with van der Waals surface area (Å²) in [5.74, 6) is 0.880. The van der Waals surface area contributed by atoms with E-state index in [1.54, 1.807) is 18.4 Å². The van der Waals surface area contributed by atoms with E-state index in [1.165, 1.54) is 17.6 Å². The summed E-state index contributed by atoms with van der Waals surface area (Å²) in [6, 6.07) is 9.32. The first kappa shape index (κ1) is 24.5. The molecule has 176 valence electrons. The number of carbonyl (C=O) groups is 2. The van der Waals surface area contributed by atoms with Gasteiger partial charge < -0.3 is 19.4 Å². The van der Waals surface area contributed by atoms with Gasteiger partial charge in [-0.15, -0.1) is 11.3 Å². The highest BCUT2D eigenvalue weighted by atomic mass is 32.1. The average Bonchev–Trinajstić information content (AvgIpc) is 3.44. The van der Waals surface area contributed by atoms with Gasteiger partial charge in [-0.2, -0.15) is 0 Å². The van der Waals surface area contributed by atoms with Crippen LogP contribution in [0.3, 0.4) is 0 Å². The summed E-state index contributed by atoms with van der Waals surface area (Å²) in [7, 11) is 0. The Morgan fingerprint density at radius 1 is 1.18 bits per heavy atom. The average molecular weight is 471 g/mol. The number of nitrogens with one attached hydrogen (secondary N) is 2. The van der Waals surface area contributed by atoms with Crippen LogP contribution in [0, 0.1) is 6.92 Å². The number of aryl methyl sites for hydroxylation is 1. The van der Waals surface area contributed by atoms with Gasteiger partial charge in [0.15, 0.2) is 5.13 Å². The van der Waals surface area contributed by atoms with Crippen molar-refractivity contribution >= 4 is 28.3 Å². The van der Waals surface area contributed by atoms with Gasteiger partial charge in [-0.05, 0) is 32.1 Å². The van der Waals surface area contributed by atoms with Crippen LogP contribution in [0.2, 0.25) is 0 Å². The third kappa shape index (κ3) is 7.16. The van der Waals surface area contributed by atoms with Crippen LogP contribution >= 0.6 is 11.3 Å². The first-order valence-electron chi connectivity index (χ1n) is 11.0. The molecule has 2 heterocycles. The number of likely N-dealkylation sites (N-methyl/N-ethyl adjacent to an activating group) is 1. The summed E-state index contributed by atoms with van der Waals surface area (Å²) in [6.07, 6.45) is 1.60. The molecule has 0 aliphatic carbocycles.